The molecule has 1 aromatic heterocycles. The number of aliphatic hydroxyl groups is 1. The molecule has 0 amide bonds. The summed E-state index contributed by atoms with van der Waals surface area (Å²) < 4.78 is 2.35. The minimum Gasteiger partial charge on any atom is -0.494 e. The molecule has 7 heteroatoms. The molecule has 0 atom stereocenters. The molecule has 2 heterocycles. The number of piperidine rings is 1. The molecule has 1 saturated heterocycles. The first-order chi connectivity index (χ1) is 13.4. The van der Waals surface area contributed by atoms with E-state index in [0.717, 1.165) is 10.0 Å². The number of nitrogens with zero attached hydrogens (tertiary/aromatic N) is 2. The summed E-state index contributed by atoms with van der Waals surface area (Å²) in [6, 6.07) is 16.1. The number of anilines is 1. The Hall–Kier alpha value is -2.15. The highest BCUT2D eigenvalue weighted by molar-refractivity contribution is 9.10. The molecule has 5 nitrogen and oxygen atoms in total. The summed E-state index contributed by atoms with van der Waals surface area (Å²) in [6.45, 7) is 1.12. The summed E-state index contributed by atoms with van der Waals surface area (Å²) in [5.74, 6) is -0.0857. The first-order valence-corrected chi connectivity index (χ1v) is 10.2. The highest BCUT2D eigenvalue weighted by Gasteiger charge is 2.35. The molecule has 0 bridgehead atoms. The van der Waals surface area contributed by atoms with E-state index in [1.54, 1.807) is 30.3 Å². The Bertz CT molecular complexity index is 978. The molecule has 0 spiro atoms. The molecule has 0 radical (unpaired) electrons. The Labute approximate surface area is 176 Å². The molecular weight excluding hydrogens is 444 g/mol. The normalized spacial score (nSPS) is 16.3. The van der Waals surface area contributed by atoms with Crippen molar-refractivity contribution in [2.45, 2.75) is 18.4 Å². The topological polar surface area (TPSA) is 68.9 Å². The van der Waals surface area contributed by atoms with Gasteiger partial charge in [-0.05, 0) is 54.8 Å². The van der Waals surface area contributed by atoms with E-state index in [1.807, 2.05) is 29.2 Å². The van der Waals surface area contributed by atoms with Gasteiger partial charge in [-0.1, -0.05) is 39.7 Å². The van der Waals surface area contributed by atoms with Crippen LogP contribution in [0.2, 0.25) is 5.02 Å². The van der Waals surface area contributed by atoms with E-state index >= 15 is 0 Å². The van der Waals surface area contributed by atoms with Gasteiger partial charge in [-0.3, -0.25) is 0 Å². The maximum atomic E-state index is 11.1. The Morgan fingerprint density at radius 1 is 0.929 bits per heavy atom. The smallest absolute Gasteiger partial charge is 0.223 e. The van der Waals surface area contributed by atoms with E-state index in [-0.39, 0.29) is 11.8 Å². The van der Waals surface area contributed by atoms with Crippen LogP contribution >= 0.6 is 27.5 Å². The molecule has 28 heavy (non-hydrogen) atoms. The zero-order valence-corrected chi connectivity index (χ0v) is 17.4. The van der Waals surface area contributed by atoms with Gasteiger partial charge in [0.25, 0.3) is 0 Å². The van der Waals surface area contributed by atoms with Crippen LogP contribution in [-0.2, 0) is 5.60 Å². The molecule has 0 saturated carbocycles. The summed E-state index contributed by atoms with van der Waals surface area (Å²) >= 11 is 9.34. The van der Waals surface area contributed by atoms with Crippen molar-refractivity contribution in [1.82, 2.24) is 4.57 Å². The van der Waals surface area contributed by atoms with Crippen molar-refractivity contribution < 1.29 is 15.3 Å². The van der Waals surface area contributed by atoms with Gasteiger partial charge in [0.2, 0.25) is 11.8 Å². The number of benzene rings is 2. The molecule has 1 fully saturated rings. The van der Waals surface area contributed by atoms with Gasteiger partial charge in [0, 0.05) is 28.7 Å². The second-order valence-electron chi connectivity index (χ2n) is 7.05. The van der Waals surface area contributed by atoms with Gasteiger partial charge in [0.15, 0.2) is 0 Å². The van der Waals surface area contributed by atoms with Crippen LogP contribution in [0, 0.1) is 0 Å². The SMILES string of the molecule is Oc1cc(N2CCC(O)(c3ccc(Br)cc3)CC2)c(O)n1-c1ccc(Cl)cc1. The Kier molecular flexibility index (Phi) is 5.04. The zero-order valence-electron chi connectivity index (χ0n) is 15.0. The van der Waals surface area contributed by atoms with Crippen LogP contribution in [0.15, 0.2) is 59.1 Å². The Morgan fingerprint density at radius 3 is 2.14 bits per heavy atom. The first-order valence-electron chi connectivity index (χ1n) is 9.00. The monoisotopic (exact) mass is 462 g/mol. The minimum atomic E-state index is -0.895. The van der Waals surface area contributed by atoms with Crippen LogP contribution < -0.4 is 4.90 Å². The average Bonchev–Trinajstić information content (AvgIpc) is 2.98. The van der Waals surface area contributed by atoms with E-state index in [9.17, 15) is 15.3 Å². The average molecular weight is 464 g/mol. The van der Waals surface area contributed by atoms with Crippen LogP contribution in [0.25, 0.3) is 5.69 Å². The highest BCUT2D eigenvalue weighted by atomic mass is 79.9. The second kappa shape index (κ2) is 7.35. The summed E-state index contributed by atoms with van der Waals surface area (Å²) in [5, 5.41) is 32.7. The van der Waals surface area contributed by atoms with E-state index in [2.05, 4.69) is 15.9 Å². The van der Waals surface area contributed by atoms with Crippen molar-refractivity contribution in [3.05, 3.63) is 69.7 Å². The maximum Gasteiger partial charge on any atom is 0.223 e. The lowest BCUT2D eigenvalue weighted by Gasteiger charge is -2.39. The third-order valence-electron chi connectivity index (χ3n) is 5.33. The van der Waals surface area contributed by atoms with Crippen LogP contribution in [0.3, 0.4) is 0 Å². The lowest BCUT2D eigenvalue weighted by Crippen LogP contribution is -2.42. The number of aromatic hydroxyl groups is 2. The molecular formula is C21H20BrClN2O3. The predicted molar refractivity (Wildman–Crippen MR) is 114 cm³/mol. The molecule has 2 aromatic carbocycles. The molecule has 146 valence electrons. The van der Waals surface area contributed by atoms with Crippen LogP contribution in [0.4, 0.5) is 5.69 Å². The zero-order chi connectivity index (χ0) is 19.9. The first kappa shape index (κ1) is 19.2. The minimum absolute atomic E-state index is 0.0334. The second-order valence-corrected chi connectivity index (χ2v) is 8.40. The van der Waals surface area contributed by atoms with Gasteiger partial charge in [0.1, 0.15) is 5.69 Å². The van der Waals surface area contributed by atoms with Crippen molar-refractivity contribution in [1.29, 1.82) is 0 Å². The Morgan fingerprint density at radius 2 is 1.54 bits per heavy atom. The summed E-state index contributed by atoms with van der Waals surface area (Å²) in [6.07, 6.45) is 1.06. The van der Waals surface area contributed by atoms with Crippen LogP contribution in [0.1, 0.15) is 18.4 Å². The molecule has 0 unspecified atom stereocenters. The Balaban J connectivity index is 1.56. The number of rotatable bonds is 3. The van der Waals surface area contributed by atoms with Crippen LogP contribution in [-0.4, -0.2) is 33.0 Å². The molecule has 1 aliphatic rings. The van der Waals surface area contributed by atoms with Crippen molar-refractivity contribution in [3.8, 4) is 17.4 Å². The third kappa shape index (κ3) is 3.48. The quantitative estimate of drug-likeness (QED) is 0.522. The van der Waals surface area contributed by atoms with Crippen molar-refractivity contribution >= 4 is 33.2 Å². The van der Waals surface area contributed by atoms with E-state index in [4.69, 9.17) is 11.6 Å². The number of aromatic nitrogens is 1. The fourth-order valence-electron chi connectivity index (χ4n) is 3.72. The highest BCUT2D eigenvalue weighted by Crippen LogP contribution is 2.41. The van der Waals surface area contributed by atoms with Crippen molar-refractivity contribution in [2.75, 3.05) is 18.0 Å². The van der Waals surface area contributed by atoms with Gasteiger partial charge in [-0.2, -0.15) is 0 Å². The molecule has 3 N–H and O–H groups in total. The van der Waals surface area contributed by atoms with Crippen molar-refractivity contribution in [3.63, 3.8) is 0 Å². The summed E-state index contributed by atoms with van der Waals surface area (Å²) in [4.78, 5) is 1.98. The fraction of sp³-hybridized carbons (Fsp3) is 0.238. The van der Waals surface area contributed by atoms with Gasteiger partial charge < -0.3 is 20.2 Å². The van der Waals surface area contributed by atoms with Crippen LogP contribution in [0.5, 0.6) is 11.8 Å². The van der Waals surface area contributed by atoms with Gasteiger partial charge in [0.05, 0.1) is 11.3 Å². The lowest BCUT2D eigenvalue weighted by molar-refractivity contribution is 0.0117. The summed E-state index contributed by atoms with van der Waals surface area (Å²) in [5.41, 5.74) is 1.16. The van der Waals surface area contributed by atoms with Gasteiger partial charge in [-0.25, -0.2) is 4.57 Å². The fourth-order valence-corrected chi connectivity index (χ4v) is 4.11. The maximum absolute atomic E-state index is 11.1. The standard InChI is InChI=1S/C21H20BrClN2O3/c22-15-3-1-14(2-4-15)21(28)9-11-24(12-10-21)18-13-19(26)25(20(18)27)17-7-5-16(23)6-8-17/h1-8,13,26-28H,9-12H2. The third-order valence-corrected chi connectivity index (χ3v) is 6.11. The number of halogens is 2. The molecule has 0 aliphatic carbocycles. The van der Waals surface area contributed by atoms with Gasteiger partial charge >= 0.3 is 0 Å². The molecule has 1 aliphatic heterocycles. The molecule has 4 rings (SSSR count). The molecule has 3 aromatic rings. The van der Waals surface area contributed by atoms with E-state index in [1.165, 1.54) is 4.57 Å². The van der Waals surface area contributed by atoms with Gasteiger partial charge in [-0.15, -0.1) is 0 Å². The van der Waals surface area contributed by atoms with E-state index in [0.29, 0.717) is 42.3 Å². The lowest BCUT2D eigenvalue weighted by atomic mass is 9.84. The summed E-state index contributed by atoms with van der Waals surface area (Å²) in [7, 11) is 0. The number of hydrogen-bond donors (Lipinski definition) is 3. The number of hydrogen-bond acceptors (Lipinski definition) is 4. The van der Waals surface area contributed by atoms with E-state index < -0.39 is 5.60 Å². The van der Waals surface area contributed by atoms with Crippen molar-refractivity contribution in [2.24, 2.45) is 0 Å². The largest absolute Gasteiger partial charge is 0.494 e. The predicted octanol–water partition coefficient (Wildman–Crippen LogP) is 4.79.